The Hall–Kier alpha value is -0.390. The van der Waals surface area contributed by atoms with E-state index in [0.717, 1.165) is 10.0 Å². The number of rotatable bonds is 3. The zero-order valence-corrected chi connectivity index (χ0v) is 12.4. The smallest absolute Gasteiger partial charge is 0.0805 e. The van der Waals surface area contributed by atoms with Gasteiger partial charge in [-0.1, -0.05) is 17.7 Å². The van der Waals surface area contributed by atoms with Crippen LogP contribution in [0.5, 0.6) is 0 Å². The zero-order valence-electron chi connectivity index (χ0n) is 9.21. The van der Waals surface area contributed by atoms with Crippen molar-refractivity contribution in [1.29, 1.82) is 0 Å². The molecule has 2 rings (SSSR count). The minimum Gasteiger partial charge on any atom is -0.271 e. The highest BCUT2D eigenvalue weighted by atomic mass is 79.9. The first-order chi connectivity index (χ1) is 8.13. The fourth-order valence-electron chi connectivity index (χ4n) is 1.70. The lowest BCUT2D eigenvalue weighted by atomic mass is 10.0. The fourth-order valence-corrected chi connectivity index (χ4v) is 3.22. The highest BCUT2D eigenvalue weighted by Gasteiger charge is 2.16. The van der Waals surface area contributed by atoms with Crippen molar-refractivity contribution in [2.75, 3.05) is 0 Å². The number of benzene rings is 1. The summed E-state index contributed by atoms with van der Waals surface area (Å²) in [5.74, 6) is 5.66. The van der Waals surface area contributed by atoms with Gasteiger partial charge in [0.25, 0.3) is 0 Å². The van der Waals surface area contributed by atoms with Gasteiger partial charge in [0.05, 0.1) is 11.1 Å². The number of hydrogen-bond donors (Lipinski definition) is 2. The average Bonchev–Trinajstić information content (AvgIpc) is 2.71. The second-order valence-electron chi connectivity index (χ2n) is 3.74. The molecule has 0 bridgehead atoms. The summed E-state index contributed by atoms with van der Waals surface area (Å²) < 4.78 is 0.881. The highest BCUT2D eigenvalue weighted by molar-refractivity contribution is 9.10. The van der Waals surface area contributed by atoms with Gasteiger partial charge in [-0.15, -0.1) is 11.3 Å². The Bertz CT molecular complexity index is 527. The summed E-state index contributed by atoms with van der Waals surface area (Å²) in [6.45, 7) is 2.08. The molecule has 2 nitrogen and oxygen atoms in total. The first-order valence-corrected chi connectivity index (χ1v) is 7.13. The quantitative estimate of drug-likeness (QED) is 0.658. The molecule has 90 valence electrons. The van der Waals surface area contributed by atoms with Crippen molar-refractivity contribution in [3.05, 3.63) is 55.1 Å². The molecule has 1 unspecified atom stereocenters. The number of nitrogens with two attached hydrogens (primary N) is 1. The van der Waals surface area contributed by atoms with Crippen LogP contribution in [0, 0.1) is 6.92 Å². The van der Waals surface area contributed by atoms with Crippen molar-refractivity contribution in [2.45, 2.75) is 13.0 Å². The van der Waals surface area contributed by atoms with Crippen LogP contribution >= 0.6 is 38.9 Å². The van der Waals surface area contributed by atoms with Crippen LogP contribution in [0.1, 0.15) is 22.0 Å². The van der Waals surface area contributed by atoms with Crippen molar-refractivity contribution >= 4 is 38.9 Å². The van der Waals surface area contributed by atoms with Crippen LogP contribution in [-0.4, -0.2) is 0 Å². The van der Waals surface area contributed by atoms with Gasteiger partial charge in [-0.3, -0.25) is 5.84 Å². The maximum atomic E-state index is 5.99. The van der Waals surface area contributed by atoms with Crippen LogP contribution in [0.4, 0.5) is 0 Å². The van der Waals surface area contributed by atoms with Gasteiger partial charge in [-0.25, -0.2) is 5.43 Å². The van der Waals surface area contributed by atoms with Crippen molar-refractivity contribution in [3.63, 3.8) is 0 Å². The Morgan fingerprint density at radius 2 is 2.18 bits per heavy atom. The molecule has 0 aliphatic carbocycles. The second kappa shape index (κ2) is 5.50. The van der Waals surface area contributed by atoms with Crippen LogP contribution in [0.15, 0.2) is 34.1 Å². The maximum Gasteiger partial charge on any atom is 0.0805 e. The summed E-state index contributed by atoms with van der Waals surface area (Å²) in [4.78, 5) is 1.22. The molecule has 1 aromatic heterocycles. The molecule has 0 spiro atoms. The number of nitrogens with one attached hydrogen (secondary N) is 1. The van der Waals surface area contributed by atoms with E-state index in [1.165, 1.54) is 10.4 Å². The Morgan fingerprint density at radius 1 is 1.41 bits per heavy atom. The van der Waals surface area contributed by atoms with Crippen molar-refractivity contribution in [3.8, 4) is 0 Å². The normalized spacial score (nSPS) is 12.7. The molecule has 0 radical (unpaired) electrons. The van der Waals surface area contributed by atoms with E-state index in [2.05, 4.69) is 39.7 Å². The van der Waals surface area contributed by atoms with Crippen LogP contribution in [0.2, 0.25) is 5.02 Å². The molecule has 0 saturated heterocycles. The topological polar surface area (TPSA) is 38.0 Å². The van der Waals surface area contributed by atoms with Gasteiger partial charge in [0, 0.05) is 9.35 Å². The molecule has 17 heavy (non-hydrogen) atoms. The van der Waals surface area contributed by atoms with E-state index in [1.807, 2.05) is 18.2 Å². The van der Waals surface area contributed by atoms with E-state index >= 15 is 0 Å². The minimum absolute atomic E-state index is 0.00330. The van der Waals surface area contributed by atoms with E-state index in [1.54, 1.807) is 11.3 Å². The summed E-state index contributed by atoms with van der Waals surface area (Å²) in [5, 5.41) is 2.77. The van der Waals surface area contributed by atoms with Gasteiger partial charge < -0.3 is 0 Å². The van der Waals surface area contributed by atoms with Gasteiger partial charge in [0.1, 0.15) is 0 Å². The van der Waals surface area contributed by atoms with Crippen LogP contribution in [0.3, 0.4) is 0 Å². The third kappa shape index (κ3) is 2.72. The molecule has 1 heterocycles. The lowest BCUT2D eigenvalue weighted by molar-refractivity contribution is 0.643. The summed E-state index contributed by atoms with van der Waals surface area (Å²) >= 11 is 11.1. The Kier molecular flexibility index (Phi) is 4.22. The highest BCUT2D eigenvalue weighted by Crippen LogP contribution is 2.32. The summed E-state index contributed by atoms with van der Waals surface area (Å²) in [6.07, 6.45) is 0. The monoisotopic (exact) mass is 330 g/mol. The predicted molar refractivity (Wildman–Crippen MR) is 77.4 cm³/mol. The molecule has 0 fully saturated rings. The SMILES string of the molecule is Cc1ccsc1C(NN)c1ccc(Cl)c(Br)c1. The summed E-state index contributed by atoms with van der Waals surface area (Å²) in [6, 6.07) is 7.94. The number of hydrogen-bond acceptors (Lipinski definition) is 3. The zero-order chi connectivity index (χ0) is 12.4. The fraction of sp³-hybridized carbons (Fsp3) is 0.167. The Balaban J connectivity index is 2.42. The number of aryl methyl sites for hydroxylation is 1. The van der Waals surface area contributed by atoms with Crippen LogP contribution in [0.25, 0.3) is 0 Å². The van der Waals surface area contributed by atoms with E-state index in [4.69, 9.17) is 17.4 Å². The molecule has 0 aliphatic rings. The standard InChI is InChI=1S/C12H12BrClN2S/c1-7-4-5-17-12(7)11(16-15)8-2-3-10(14)9(13)6-8/h2-6,11,16H,15H2,1H3. The largest absolute Gasteiger partial charge is 0.271 e. The van der Waals surface area contributed by atoms with Crippen molar-refractivity contribution in [2.24, 2.45) is 5.84 Å². The van der Waals surface area contributed by atoms with Crippen LogP contribution in [-0.2, 0) is 0 Å². The molecular formula is C12H12BrClN2S. The first-order valence-electron chi connectivity index (χ1n) is 5.08. The minimum atomic E-state index is 0.00330. The third-order valence-electron chi connectivity index (χ3n) is 2.61. The van der Waals surface area contributed by atoms with E-state index in [0.29, 0.717) is 5.02 Å². The summed E-state index contributed by atoms with van der Waals surface area (Å²) in [5.41, 5.74) is 5.19. The first kappa shape index (κ1) is 13.1. The molecule has 5 heteroatoms. The Morgan fingerprint density at radius 3 is 2.71 bits per heavy atom. The summed E-state index contributed by atoms with van der Waals surface area (Å²) in [7, 11) is 0. The van der Waals surface area contributed by atoms with Gasteiger partial charge >= 0.3 is 0 Å². The predicted octanol–water partition coefficient (Wildman–Crippen LogP) is 4.03. The van der Waals surface area contributed by atoms with Crippen molar-refractivity contribution < 1.29 is 0 Å². The molecule has 0 saturated carbocycles. The molecule has 2 aromatic rings. The molecule has 0 aliphatic heterocycles. The maximum absolute atomic E-state index is 5.99. The molecule has 1 atom stereocenters. The Labute approximate surface area is 118 Å². The van der Waals surface area contributed by atoms with Crippen LogP contribution < -0.4 is 11.3 Å². The van der Waals surface area contributed by atoms with E-state index < -0.39 is 0 Å². The van der Waals surface area contributed by atoms with Gasteiger partial charge in [-0.2, -0.15) is 0 Å². The lowest BCUT2D eigenvalue weighted by Crippen LogP contribution is -2.28. The average molecular weight is 332 g/mol. The second-order valence-corrected chi connectivity index (χ2v) is 5.95. The third-order valence-corrected chi connectivity index (χ3v) is 4.91. The number of hydrazine groups is 1. The lowest BCUT2D eigenvalue weighted by Gasteiger charge is -2.16. The van der Waals surface area contributed by atoms with Gasteiger partial charge in [0.15, 0.2) is 0 Å². The molecule has 3 N–H and O–H groups in total. The number of thiophene rings is 1. The molecule has 0 amide bonds. The van der Waals surface area contributed by atoms with Crippen molar-refractivity contribution in [1.82, 2.24) is 5.43 Å². The van der Waals surface area contributed by atoms with E-state index in [9.17, 15) is 0 Å². The molecule has 1 aromatic carbocycles. The van der Waals surface area contributed by atoms with Gasteiger partial charge in [0.2, 0.25) is 0 Å². The number of halogens is 2. The molecular weight excluding hydrogens is 320 g/mol. The van der Waals surface area contributed by atoms with Gasteiger partial charge in [-0.05, 0) is 57.6 Å². The van der Waals surface area contributed by atoms with E-state index in [-0.39, 0.29) is 6.04 Å².